The van der Waals surface area contributed by atoms with E-state index in [9.17, 15) is 9.59 Å². The van der Waals surface area contributed by atoms with Crippen LogP contribution >= 0.6 is 0 Å². The summed E-state index contributed by atoms with van der Waals surface area (Å²) < 4.78 is 0. The third-order valence-corrected chi connectivity index (χ3v) is 4.50. The van der Waals surface area contributed by atoms with E-state index < -0.39 is 11.7 Å². The Labute approximate surface area is 156 Å². The average Bonchev–Trinajstić information content (AvgIpc) is 3.12. The third kappa shape index (κ3) is 3.37. The number of Topliss-reactive ketones (excluding diaryl/α,β-unsaturated/α-hetero) is 1. The number of hydrogen-bond acceptors (Lipinski definition) is 2. The number of benzene rings is 3. The Morgan fingerprint density at radius 2 is 1.41 bits per heavy atom. The van der Waals surface area contributed by atoms with Crippen molar-refractivity contribution in [3.8, 4) is 11.3 Å². The van der Waals surface area contributed by atoms with Crippen molar-refractivity contribution in [1.82, 2.24) is 10.3 Å². The topological polar surface area (TPSA) is 62.0 Å². The van der Waals surface area contributed by atoms with E-state index in [4.69, 9.17) is 0 Å². The van der Waals surface area contributed by atoms with Gasteiger partial charge < -0.3 is 10.3 Å². The smallest absolute Gasteiger partial charge is 0.292 e. The lowest BCUT2D eigenvalue weighted by Gasteiger charge is -2.06. The number of carbonyl (C=O) groups is 2. The van der Waals surface area contributed by atoms with E-state index in [1.54, 1.807) is 0 Å². The van der Waals surface area contributed by atoms with Gasteiger partial charge in [0.1, 0.15) is 0 Å². The lowest BCUT2D eigenvalue weighted by molar-refractivity contribution is -0.117. The van der Waals surface area contributed by atoms with Crippen LogP contribution in [0, 0.1) is 0 Å². The molecule has 27 heavy (non-hydrogen) atoms. The zero-order chi connectivity index (χ0) is 18.6. The highest BCUT2D eigenvalue weighted by atomic mass is 16.2. The summed E-state index contributed by atoms with van der Waals surface area (Å²) >= 11 is 0. The molecule has 0 unspecified atom stereocenters. The second-order valence-corrected chi connectivity index (χ2v) is 6.28. The molecular weight excluding hydrogens is 336 g/mol. The molecular formula is C23H18N2O2. The number of aromatic amines is 1. The van der Waals surface area contributed by atoms with Gasteiger partial charge in [0.05, 0.1) is 11.3 Å². The number of aromatic nitrogens is 1. The summed E-state index contributed by atoms with van der Waals surface area (Å²) in [6.45, 7) is 0.314. The van der Waals surface area contributed by atoms with Gasteiger partial charge in [-0.25, -0.2) is 0 Å². The Morgan fingerprint density at radius 1 is 0.778 bits per heavy atom. The largest absolute Gasteiger partial charge is 0.354 e. The maximum Gasteiger partial charge on any atom is 0.292 e. The van der Waals surface area contributed by atoms with Gasteiger partial charge in [-0.1, -0.05) is 78.9 Å². The van der Waals surface area contributed by atoms with Gasteiger partial charge in [0.15, 0.2) is 0 Å². The number of carbonyl (C=O) groups excluding carboxylic acids is 2. The lowest BCUT2D eigenvalue weighted by Crippen LogP contribution is -2.30. The molecule has 0 saturated carbocycles. The van der Waals surface area contributed by atoms with Crippen LogP contribution in [0.2, 0.25) is 0 Å². The minimum atomic E-state index is -0.610. The summed E-state index contributed by atoms with van der Waals surface area (Å²) in [5, 5.41) is 3.47. The Balaban J connectivity index is 1.69. The second-order valence-electron chi connectivity index (χ2n) is 6.28. The summed E-state index contributed by atoms with van der Waals surface area (Å²) in [6, 6.07) is 26.6. The fourth-order valence-corrected chi connectivity index (χ4v) is 3.17. The van der Waals surface area contributed by atoms with Crippen molar-refractivity contribution in [3.63, 3.8) is 0 Å². The van der Waals surface area contributed by atoms with E-state index in [1.165, 1.54) is 0 Å². The van der Waals surface area contributed by atoms with Crippen molar-refractivity contribution in [3.05, 3.63) is 96.1 Å². The molecule has 0 fully saturated rings. The zero-order valence-electron chi connectivity index (χ0n) is 14.6. The molecule has 4 aromatic rings. The number of nitrogens with one attached hydrogen (secondary N) is 2. The molecule has 0 atom stereocenters. The van der Waals surface area contributed by atoms with E-state index in [0.717, 1.165) is 22.0 Å². The van der Waals surface area contributed by atoms with Crippen LogP contribution in [0.3, 0.4) is 0 Å². The highest BCUT2D eigenvalue weighted by molar-refractivity contribution is 6.46. The van der Waals surface area contributed by atoms with Crippen LogP contribution in [-0.4, -0.2) is 16.7 Å². The van der Waals surface area contributed by atoms with E-state index in [-0.39, 0.29) is 0 Å². The zero-order valence-corrected chi connectivity index (χ0v) is 14.6. The molecule has 132 valence electrons. The van der Waals surface area contributed by atoms with Crippen LogP contribution in [0.15, 0.2) is 84.9 Å². The van der Waals surface area contributed by atoms with Crippen LogP contribution in [-0.2, 0) is 11.3 Å². The Hall–Kier alpha value is -3.66. The van der Waals surface area contributed by atoms with Crippen LogP contribution in [0.25, 0.3) is 22.2 Å². The monoisotopic (exact) mass is 354 g/mol. The number of rotatable bonds is 5. The van der Waals surface area contributed by atoms with Gasteiger partial charge in [-0.2, -0.15) is 0 Å². The van der Waals surface area contributed by atoms with Gasteiger partial charge in [0.25, 0.3) is 11.7 Å². The maximum atomic E-state index is 13.0. The minimum absolute atomic E-state index is 0.314. The fraction of sp³-hybridized carbons (Fsp3) is 0.0435. The van der Waals surface area contributed by atoms with Crippen molar-refractivity contribution in [2.24, 2.45) is 0 Å². The van der Waals surface area contributed by atoms with Crippen LogP contribution in [0.4, 0.5) is 0 Å². The summed E-state index contributed by atoms with van der Waals surface area (Å²) in [7, 11) is 0. The predicted octanol–water partition coefficient (Wildman–Crippen LogP) is 4.33. The van der Waals surface area contributed by atoms with E-state index >= 15 is 0 Å². The number of ketones is 1. The quantitative estimate of drug-likeness (QED) is 0.414. The number of fused-ring (bicyclic) bond motifs is 1. The number of amides is 1. The first-order valence-corrected chi connectivity index (χ1v) is 8.76. The summed E-state index contributed by atoms with van der Waals surface area (Å²) in [4.78, 5) is 28.9. The molecule has 0 aliphatic rings. The second kappa shape index (κ2) is 7.30. The van der Waals surface area contributed by atoms with Crippen LogP contribution in [0.1, 0.15) is 15.9 Å². The minimum Gasteiger partial charge on any atom is -0.354 e. The molecule has 0 bridgehead atoms. The molecule has 0 aliphatic carbocycles. The van der Waals surface area contributed by atoms with Gasteiger partial charge in [-0.05, 0) is 17.2 Å². The SMILES string of the molecule is O=C(NCc1ccccc1)C(=O)c1c(-c2ccccc2)[nH]c2ccccc12. The van der Waals surface area contributed by atoms with Gasteiger partial charge in [0.2, 0.25) is 0 Å². The number of H-pyrrole nitrogens is 1. The van der Waals surface area contributed by atoms with E-state index in [1.807, 2.05) is 84.9 Å². The maximum absolute atomic E-state index is 13.0. The van der Waals surface area contributed by atoms with E-state index in [0.29, 0.717) is 17.8 Å². The van der Waals surface area contributed by atoms with Crippen molar-refractivity contribution in [2.75, 3.05) is 0 Å². The molecule has 1 amide bonds. The molecule has 1 heterocycles. The summed E-state index contributed by atoms with van der Waals surface area (Å²) in [5.41, 5.74) is 3.71. The van der Waals surface area contributed by atoms with Gasteiger partial charge in [0, 0.05) is 17.4 Å². The van der Waals surface area contributed by atoms with Crippen molar-refractivity contribution in [2.45, 2.75) is 6.54 Å². The first-order chi connectivity index (χ1) is 13.2. The average molecular weight is 354 g/mol. The van der Waals surface area contributed by atoms with Crippen molar-refractivity contribution in [1.29, 1.82) is 0 Å². The van der Waals surface area contributed by atoms with Crippen LogP contribution < -0.4 is 5.32 Å². The molecule has 4 nitrogen and oxygen atoms in total. The Bertz CT molecular complexity index is 1100. The summed E-state index contributed by atoms with van der Waals surface area (Å²) in [5.74, 6) is -1.15. The number of hydrogen-bond donors (Lipinski definition) is 2. The highest BCUT2D eigenvalue weighted by Gasteiger charge is 2.24. The van der Waals surface area contributed by atoms with Gasteiger partial charge in [-0.15, -0.1) is 0 Å². The van der Waals surface area contributed by atoms with Crippen molar-refractivity contribution < 1.29 is 9.59 Å². The Morgan fingerprint density at radius 3 is 2.15 bits per heavy atom. The van der Waals surface area contributed by atoms with Gasteiger partial charge in [-0.3, -0.25) is 9.59 Å². The fourth-order valence-electron chi connectivity index (χ4n) is 3.17. The third-order valence-electron chi connectivity index (χ3n) is 4.50. The molecule has 1 aromatic heterocycles. The highest BCUT2D eigenvalue weighted by Crippen LogP contribution is 2.30. The standard InChI is InChI=1S/C23H18N2O2/c26-22(23(27)24-15-16-9-3-1-4-10-16)20-18-13-7-8-14-19(18)25-21(20)17-11-5-2-6-12-17/h1-14,25H,15H2,(H,24,27). The molecule has 4 heteroatoms. The summed E-state index contributed by atoms with van der Waals surface area (Å²) in [6.07, 6.45) is 0. The molecule has 0 saturated heterocycles. The molecule has 2 N–H and O–H groups in total. The number of para-hydroxylation sites is 1. The van der Waals surface area contributed by atoms with E-state index in [2.05, 4.69) is 10.3 Å². The molecule has 0 aliphatic heterocycles. The molecule has 4 rings (SSSR count). The van der Waals surface area contributed by atoms with Crippen LogP contribution in [0.5, 0.6) is 0 Å². The predicted molar refractivity (Wildman–Crippen MR) is 106 cm³/mol. The molecule has 3 aromatic carbocycles. The lowest BCUT2D eigenvalue weighted by atomic mass is 10.0. The Kier molecular flexibility index (Phi) is 4.54. The molecule has 0 spiro atoms. The van der Waals surface area contributed by atoms with Crippen molar-refractivity contribution >= 4 is 22.6 Å². The molecule has 0 radical (unpaired) electrons. The first kappa shape index (κ1) is 16.8. The van der Waals surface area contributed by atoms with Gasteiger partial charge >= 0.3 is 0 Å². The normalized spacial score (nSPS) is 10.7. The first-order valence-electron chi connectivity index (χ1n) is 8.76.